The molecule has 3 aliphatic heterocycles. The molecule has 6 atom stereocenters. The van der Waals surface area contributed by atoms with Crippen molar-refractivity contribution in [3.05, 3.63) is 23.3 Å². The summed E-state index contributed by atoms with van der Waals surface area (Å²) < 4.78 is 25.9. The van der Waals surface area contributed by atoms with Gasteiger partial charge in [-0.05, 0) is 13.3 Å². The highest BCUT2D eigenvalue weighted by Crippen LogP contribution is 2.51. The fraction of sp³-hybridized carbons (Fsp3) is 0.650. The molecule has 0 bridgehead atoms. The molecule has 3 aliphatic rings. The van der Waals surface area contributed by atoms with Crippen LogP contribution in [-0.4, -0.2) is 90.1 Å². The number of carbonyl (C=O) groups excluding carboxylic acids is 2. The van der Waals surface area contributed by atoms with Crippen LogP contribution in [0.2, 0.25) is 0 Å². The lowest BCUT2D eigenvalue weighted by molar-refractivity contribution is -0.163. The minimum atomic E-state index is -3.50. The second kappa shape index (κ2) is 10.1. The molecule has 0 aromatic heterocycles. The van der Waals surface area contributed by atoms with Crippen molar-refractivity contribution >= 4 is 39.6 Å². The summed E-state index contributed by atoms with van der Waals surface area (Å²) in [6.45, 7) is 7.37. The second-order valence-corrected chi connectivity index (χ2v) is 11.7. The summed E-state index contributed by atoms with van der Waals surface area (Å²) in [7, 11) is -3.50. The third kappa shape index (κ3) is 5.27. The van der Waals surface area contributed by atoms with Crippen LogP contribution < -0.4 is 15.4 Å². The van der Waals surface area contributed by atoms with Crippen LogP contribution in [0.15, 0.2) is 23.3 Å². The lowest BCUT2D eigenvalue weighted by atomic mass is 9.79. The third-order valence-corrected chi connectivity index (χ3v) is 8.99. The van der Waals surface area contributed by atoms with E-state index in [0.29, 0.717) is 17.9 Å². The molecule has 13 heteroatoms. The van der Waals surface area contributed by atoms with Crippen LogP contribution in [0, 0.1) is 11.8 Å². The van der Waals surface area contributed by atoms with Crippen molar-refractivity contribution < 1.29 is 33.0 Å². The standard InChI is InChI=1S/C20H30N4O7S2/c1-4-5-23-33(30,31)7-6-21-18(26)13-8-12(9-22-13)32-17-10(2)15-14(11(3)25)19(27)24(15)16(17)20(28)29/h4,10-15,22-23,25H,1,5-9H2,2-3H3,(H,21,26)(H,28,29)/t10-,11-,12+,13+,14-,15-/m1/s1. The first-order chi connectivity index (χ1) is 15.5. The van der Waals surface area contributed by atoms with Gasteiger partial charge in [-0.1, -0.05) is 13.0 Å². The molecular weight excluding hydrogens is 472 g/mol. The Morgan fingerprint density at radius 1 is 1.42 bits per heavy atom. The molecule has 3 rings (SSSR count). The van der Waals surface area contributed by atoms with Crippen molar-refractivity contribution in [2.24, 2.45) is 11.8 Å². The highest BCUT2D eigenvalue weighted by Gasteiger charge is 2.60. The van der Waals surface area contributed by atoms with Gasteiger partial charge >= 0.3 is 5.97 Å². The molecule has 0 spiro atoms. The topological polar surface area (TPSA) is 165 Å². The number of rotatable bonds is 11. The minimum absolute atomic E-state index is 0.0356. The molecule has 2 saturated heterocycles. The molecular formula is C20H30N4O7S2. The summed E-state index contributed by atoms with van der Waals surface area (Å²) in [6, 6.07) is -0.906. The van der Waals surface area contributed by atoms with Crippen LogP contribution >= 0.6 is 11.8 Å². The zero-order chi connectivity index (χ0) is 24.5. The van der Waals surface area contributed by atoms with Gasteiger partial charge in [-0.2, -0.15) is 0 Å². The number of fused-ring (bicyclic) bond motifs is 1. The Morgan fingerprint density at radius 3 is 2.73 bits per heavy atom. The van der Waals surface area contributed by atoms with Crippen molar-refractivity contribution in [2.45, 2.75) is 43.7 Å². The van der Waals surface area contributed by atoms with Crippen molar-refractivity contribution in [1.82, 2.24) is 20.3 Å². The van der Waals surface area contributed by atoms with Gasteiger partial charge < -0.3 is 25.7 Å². The number of aliphatic carboxylic acids is 1. The van der Waals surface area contributed by atoms with Gasteiger partial charge in [-0.15, -0.1) is 18.3 Å². The highest BCUT2D eigenvalue weighted by atomic mass is 32.2. The molecule has 0 saturated carbocycles. The molecule has 5 N–H and O–H groups in total. The second-order valence-electron chi connectivity index (χ2n) is 8.46. The molecule has 2 amide bonds. The number of nitrogens with zero attached hydrogens (tertiary/aromatic N) is 1. The summed E-state index contributed by atoms with van der Waals surface area (Å²) in [5.74, 6) is -2.99. The number of carbonyl (C=O) groups is 3. The van der Waals surface area contributed by atoms with Gasteiger partial charge in [0.15, 0.2) is 0 Å². The lowest BCUT2D eigenvalue weighted by Gasteiger charge is -2.46. The Bertz CT molecular complexity index is 965. The Balaban J connectivity index is 1.57. The Hall–Kier alpha value is -1.93. The number of carboxylic acid groups (broad SMARTS) is 1. The molecule has 33 heavy (non-hydrogen) atoms. The number of amides is 2. The maximum atomic E-state index is 12.4. The smallest absolute Gasteiger partial charge is 0.353 e. The van der Waals surface area contributed by atoms with E-state index in [0.717, 1.165) is 0 Å². The van der Waals surface area contributed by atoms with Crippen LogP contribution in [0.1, 0.15) is 20.3 Å². The summed E-state index contributed by atoms with van der Waals surface area (Å²) in [4.78, 5) is 38.7. The fourth-order valence-corrected chi connectivity index (χ4v) is 6.91. The molecule has 0 aromatic carbocycles. The minimum Gasteiger partial charge on any atom is -0.477 e. The van der Waals surface area contributed by atoms with Gasteiger partial charge in [0.05, 0.1) is 29.9 Å². The van der Waals surface area contributed by atoms with Gasteiger partial charge in [0.1, 0.15) is 5.70 Å². The van der Waals surface area contributed by atoms with E-state index in [9.17, 15) is 33.0 Å². The zero-order valence-electron chi connectivity index (χ0n) is 18.5. The highest BCUT2D eigenvalue weighted by molar-refractivity contribution is 8.03. The number of carboxylic acids is 1. The Labute approximate surface area is 197 Å². The van der Waals surface area contributed by atoms with Gasteiger partial charge in [0, 0.05) is 35.7 Å². The number of hydrogen-bond donors (Lipinski definition) is 5. The fourth-order valence-electron chi connectivity index (χ4n) is 4.54. The average Bonchev–Trinajstić information content (AvgIpc) is 3.28. The maximum absolute atomic E-state index is 12.4. The summed E-state index contributed by atoms with van der Waals surface area (Å²) in [6.07, 6.45) is 0.993. The first-order valence-corrected chi connectivity index (χ1v) is 13.3. The number of hydrogen-bond acceptors (Lipinski definition) is 8. The van der Waals surface area contributed by atoms with Crippen LogP contribution in [0.3, 0.4) is 0 Å². The number of β-lactam (4-membered cyclic amide) rings is 1. The largest absolute Gasteiger partial charge is 0.477 e. The summed E-state index contributed by atoms with van der Waals surface area (Å²) in [5.41, 5.74) is -0.0375. The lowest BCUT2D eigenvalue weighted by Crippen LogP contribution is -2.63. The van der Waals surface area contributed by atoms with E-state index in [1.165, 1.54) is 29.7 Å². The number of sulfonamides is 1. The summed E-state index contributed by atoms with van der Waals surface area (Å²) >= 11 is 1.35. The van der Waals surface area contributed by atoms with E-state index >= 15 is 0 Å². The predicted octanol–water partition coefficient (Wildman–Crippen LogP) is -1.17. The van der Waals surface area contributed by atoms with E-state index in [1.807, 2.05) is 6.92 Å². The van der Waals surface area contributed by atoms with Crippen LogP contribution in [-0.2, 0) is 24.4 Å². The molecule has 2 fully saturated rings. The van der Waals surface area contributed by atoms with E-state index in [-0.39, 0.29) is 53.6 Å². The van der Waals surface area contributed by atoms with E-state index < -0.39 is 34.1 Å². The van der Waals surface area contributed by atoms with Crippen molar-refractivity contribution in [3.8, 4) is 0 Å². The zero-order valence-corrected chi connectivity index (χ0v) is 20.1. The monoisotopic (exact) mass is 502 g/mol. The average molecular weight is 503 g/mol. The van der Waals surface area contributed by atoms with Crippen molar-refractivity contribution in [3.63, 3.8) is 0 Å². The van der Waals surface area contributed by atoms with Crippen LogP contribution in [0.5, 0.6) is 0 Å². The number of aliphatic hydroxyl groups excluding tert-OH is 1. The molecule has 3 heterocycles. The molecule has 184 valence electrons. The SMILES string of the molecule is C=CCNS(=O)(=O)CCNC(=O)[C@@H]1C[C@H](SC2=C(C(=O)O)N3C(=O)[C@H]([C@@H](C)O)[C@H]3[C@H]2C)CN1. The summed E-state index contributed by atoms with van der Waals surface area (Å²) in [5, 5.41) is 25.3. The maximum Gasteiger partial charge on any atom is 0.353 e. The Morgan fingerprint density at radius 2 is 2.12 bits per heavy atom. The number of thioether (sulfide) groups is 1. The number of aliphatic hydroxyl groups is 1. The molecule has 0 aliphatic carbocycles. The first kappa shape index (κ1) is 25.7. The van der Waals surface area contributed by atoms with Crippen LogP contribution in [0.4, 0.5) is 0 Å². The Kier molecular flexibility index (Phi) is 7.89. The molecule has 0 radical (unpaired) electrons. The van der Waals surface area contributed by atoms with Gasteiger partial charge in [0.2, 0.25) is 21.8 Å². The van der Waals surface area contributed by atoms with Gasteiger partial charge in [0.25, 0.3) is 0 Å². The van der Waals surface area contributed by atoms with Gasteiger partial charge in [-0.25, -0.2) is 17.9 Å². The molecule has 0 unspecified atom stereocenters. The van der Waals surface area contributed by atoms with E-state index in [1.54, 1.807) is 0 Å². The number of nitrogens with one attached hydrogen (secondary N) is 3. The van der Waals surface area contributed by atoms with Crippen molar-refractivity contribution in [2.75, 3.05) is 25.4 Å². The molecule has 11 nitrogen and oxygen atoms in total. The van der Waals surface area contributed by atoms with Crippen molar-refractivity contribution in [1.29, 1.82) is 0 Å². The quantitative estimate of drug-likeness (QED) is 0.173. The van der Waals surface area contributed by atoms with E-state index in [4.69, 9.17) is 0 Å². The van der Waals surface area contributed by atoms with Gasteiger partial charge in [-0.3, -0.25) is 9.59 Å². The normalized spacial score (nSPS) is 30.1. The van der Waals surface area contributed by atoms with E-state index in [2.05, 4.69) is 21.9 Å². The predicted molar refractivity (Wildman–Crippen MR) is 122 cm³/mol. The van der Waals surface area contributed by atoms with Crippen LogP contribution in [0.25, 0.3) is 0 Å². The first-order valence-electron chi connectivity index (χ1n) is 10.7. The third-order valence-electron chi connectivity index (χ3n) is 6.13. The molecule has 0 aromatic rings.